The van der Waals surface area contributed by atoms with Crippen LogP contribution in [0.4, 0.5) is 5.69 Å². The smallest absolute Gasteiger partial charge is 0.276 e. The van der Waals surface area contributed by atoms with E-state index in [9.17, 15) is 9.59 Å². The standard InChI is InChI=1S/C22H24N2O3/c1-15-4-5-20-14-19(10-11-21(20)24(15)16(2)26)17-6-8-18(9-7-17)22(27)23-12-3-13-25/h6-12,14-15,25H,3-5,13H2,1-2H3/t15-/m0/s1. The molecule has 1 aliphatic rings. The number of aryl methyl sites for hydroxylation is 1. The Morgan fingerprint density at radius 3 is 2.56 bits per heavy atom. The number of fused-ring (bicyclic) bond motifs is 1. The normalized spacial score (nSPS) is 16.4. The number of benzene rings is 2. The van der Waals surface area contributed by atoms with Crippen molar-refractivity contribution in [1.82, 2.24) is 0 Å². The zero-order valence-corrected chi connectivity index (χ0v) is 15.7. The highest BCUT2D eigenvalue weighted by molar-refractivity contribution is 5.99. The van der Waals surface area contributed by atoms with Crippen molar-refractivity contribution in [3.05, 3.63) is 53.6 Å². The fraction of sp³-hybridized carbons (Fsp3) is 0.318. The summed E-state index contributed by atoms with van der Waals surface area (Å²) in [4.78, 5) is 29.6. The molecule has 5 heteroatoms. The highest BCUT2D eigenvalue weighted by atomic mass is 16.3. The molecule has 2 aromatic carbocycles. The summed E-state index contributed by atoms with van der Waals surface area (Å²) in [5, 5.41) is 8.73. The molecule has 0 fully saturated rings. The van der Waals surface area contributed by atoms with Crippen molar-refractivity contribution >= 4 is 23.7 Å². The first kappa shape index (κ1) is 19.0. The van der Waals surface area contributed by atoms with Crippen LogP contribution in [0.5, 0.6) is 0 Å². The van der Waals surface area contributed by atoms with E-state index in [1.54, 1.807) is 19.1 Å². The molecule has 140 valence electrons. The lowest BCUT2D eigenvalue weighted by atomic mass is 9.93. The van der Waals surface area contributed by atoms with Gasteiger partial charge in [-0.25, -0.2) is 4.99 Å². The van der Waals surface area contributed by atoms with Crippen molar-refractivity contribution in [2.75, 3.05) is 11.5 Å². The molecule has 0 radical (unpaired) electrons. The van der Waals surface area contributed by atoms with Crippen LogP contribution in [0.2, 0.25) is 0 Å². The predicted molar refractivity (Wildman–Crippen MR) is 107 cm³/mol. The highest BCUT2D eigenvalue weighted by Crippen LogP contribution is 2.34. The first-order valence-corrected chi connectivity index (χ1v) is 9.22. The van der Waals surface area contributed by atoms with Crippen LogP contribution in [0.25, 0.3) is 11.1 Å². The summed E-state index contributed by atoms with van der Waals surface area (Å²) in [7, 11) is 0. The molecule has 2 amide bonds. The van der Waals surface area contributed by atoms with Gasteiger partial charge in [-0.05, 0) is 60.7 Å². The van der Waals surface area contributed by atoms with E-state index in [1.165, 1.54) is 11.8 Å². The molecule has 0 unspecified atom stereocenters. The number of rotatable bonds is 4. The van der Waals surface area contributed by atoms with E-state index in [0.29, 0.717) is 12.0 Å². The molecular formula is C22H24N2O3. The number of hydrogen-bond donors (Lipinski definition) is 1. The Balaban J connectivity index is 1.83. The third-order valence-corrected chi connectivity index (χ3v) is 4.88. The third-order valence-electron chi connectivity index (χ3n) is 4.88. The van der Waals surface area contributed by atoms with Crippen LogP contribution in [0.3, 0.4) is 0 Å². The SMILES string of the molecule is CC(=O)N1c2ccc(-c3ccc(C(=O)N=CCCO)cc3)cc2CC[C@@H]1C. The van der Waals surface area contributed by atoms with Gasteiger partial charge in [0.05, 0.1) is 0 Å². The third kappa shape index (κ3) is 4.14. The Kier molecular flexibility index (Phi) is 5.81. The lowest BCUT2D eigenvalue weighted by molar-refractivity contribution is -0.117. The van der Waals surface area contributed by atoms with Crippen molar-refractivity contribution in [1.29, 1.82) is 0 Å². The lowest BCUT2D eigenvalue weighted by Crippen LogP contribution is -2.40. The van der Waals surface area contributed by atoms with Gasteiger partial charge in [-0.15, -0.1) is 0 Å². The van der Waals surface area contributed by atoms with Crippen LogP contribution in [-0.4, -0.2) is 35.8 Å². The fourth-order valence-electron chi connectivity index (χ4n) is 3.50. The fourth-order valence-corrected chi connectivity index (χ4v) is 3.50. The van der Waals surface area contributed by atoms with E-state index in [0.717, 1.165) is 29.7 Å². The summed E-state index contributed by atoms with van der Waals surface area (Å²) >= 11 is 0. The predicted octanol–water partition coefficient (Wildman–Crippen LogP) is 3.63. The van der Waals surface area contributed by atoms with Crippen molar-refractivity contribution < 1.29 is 14.7 Å². The summed E-state index contributed by atoms with van der Waals surface area (Å²) in [6, 6.07) is 13.7. The topological polar surface area (TPSA) is 70.0 Å². The van der Waals surface area contributed by atoms with Gasteiger partial charge in [0.2, 0.25) is 5.91 Å². The van der Waals surface area contributed by atoms with E-state index in [-0.39, 0.29) is 24.5 Å². The molecule has 0 saturated carbocycles. The summed E-state index contributed by atoms with van der Waals surface area (Å²) in [5.74, 6) is -0.243. The molecule has 1 aliphatic heterocycles. The number of carbonyl (C=O) groups excluding carboxylic acids is 2. The molecule has 5 nitrogen and oxygen atoms in total. The lowest BCUT2D eigenvalue weighted by Gasteiger charge is -2.34. The number of carbonyl (C=O) groups is 2. The molecule has 0 bridgehead atoms. The minimum atomic E-state index is -0.313. The molecular weight excluding hydrogens is 340 g/mol. The molecule has 2 aromatic rings. The Labute approximate surface area is 159 Å². The Hall–Kier alpha value is -2.79. The van der Waals surface area contributed by atoms with E-state index >= 15 is 0 Å². The monoisotopic (exact) mass is 364 g/mol. The van der Waals surface area contributed by atoms with Crippen molar-refractivity contribution in [3.8, 4) is 11.1 Å². The molecule has 0 saturated heterocycles. The van der Waals surface area contributed by atoms with Crippen LogP contribution < -0.4 is 4.90 Å². The minimum absolute atomic E-state index is 0.0200. The molecule has 0 aliphatic carbocycles. The van der Waals surface area contributed by atoms with E-state index in [1.807, 2.05) is 29.2 Å². The van der Waals surface area contributed by atoms with Gasteiger partial charge in [-0.1, -0.05) is 18.2 Å². The number of aliphatic hydroxyl groups is 1. The number of anilines is 1. The Morgan fingerprint density at radius 2 is 1.89 bits per heavy atom. The maximum Gasteiger partial charge on any atom is 0.276 e. The zero-order valence-electron chi connectivity index (χ0n) is 15.7. The average Bonchev–Trinajstić information content (AvgIpc) is 2.67. The van der Waals surface area contributed by atoms with Gasteiger partial charge in [0, 0.05) is 43.5 Å². The first-order chi connectivity index (χ1) is 13.0. The first-order valence-electron chi connectivity index (χ1n) is 9.22. The van der Waals surface area contributed by atoms with Crippen LogP contribution >= 0.6 is 0 Å². The molecule has 1 N–H and O–H groups in total. The molecule has 1 atom stereocenters. The van der Waals surface area contributed by atoms with E-state index < -0.39 is 0 Å². The maximum absolute atomic E-state index is 12.0. The summed E-state index contributed by atoms with van der Waals surface area (Å²) in [6.45, 7) is 3.67. The van der Waals surface area contributed by atoms with Crippen molar-refractivity contribution in [3.63, 3.8) is 0 Å². The van der Waals surface area contributed by atoms with Crippen LogP contribution in [0.15, 0.2) is 47.5 Å². The number of nitrogens with zero attached hydrogens (tertiary/aromatic N) is 2. The molecule has 0 aromatic heterocycles. The van der Waals surface area contributed by atoms with Gasteiger partial charge in [0.15, 0.2) is 0 Å². The van der Waals surface area contributed by atoms with Gasteiger partial charge in [0.1, 0.15) is 0 Å². The second kappa shape index (κ2) is 8.27. The van der Waals surface area contributed by atoms with Crippen LogP contribution in [0.1, 0.15) is 42.6 Å². The molecule has 3 rings (SSSR count). The quantitative estimate of drug-likeness (QED) is 0.842. The van der Waals surface area contributed by atoms with Crippen LogP contribution in [0, 0.1) is 0 Å². The Bertz CT molecular complexity index is 872. The summed E-state index contributed by atoms with van der Waals surface area (Å²) < 4.78 is 0. The summed E-state index contributed by atoms with van der Waals surface area (Å²) in [6.07, 6.45) is 3.70. The minimum Gasteiger partial charge on any atom is -0.396 e. The van der Waals surface area contributed by atoms with Crippen LogP contribution in [-0.2, 0) is 11.2 Å². The second-order valence-corrected chi connectivity index (χ2v) is 6.83. The van der Waals surface area contributed by atoms with Gasteiger partial charge >= 0.3 is 0 Å². The maximum atomic E-state index is 12.0. The van der Waals surface area contributed by atoms with Crippen molar-refractivity contribution in [2.24, 2.45) is 4.99 Å². The van der Waals surface area contributed by atoms with Gasteiger partial charge in [-0.2, -0.15) is 0 Å². The Morgan fingerprint density at radius 1 is 1.19 bits per heavy atom. The van der Waals surface area contributed by atoms with Gasteiger partial charge < -0.3 is 10.0 Å². The van der Waals surface area contributed by atoms with Gasteiger partial charge in [0.25, 0.3) is 5.91 Å². The largest absolute Gasteiger partial charge is 0.396 e. The zero-order chi connectivity index (χ0) is 19.4. The van der Waals surface area contributed by atoms with Crippen molar-refractivity contribution in [2.45, 2.75) is 39.2 Å². The second-order valence-electron chi connectivity index (χ2n) is 6.83. The number of aliphatic hydroxyl groups excluding tert-OH is 1. The average molecular weight is 364 g/mol. The molecule has 0 spiro atoms. The van der Waals surface area contributed by atoms with Gasteiger partial charge in [-0.3, -0.25) is 9.59 Å². The summed E-state index contributed by atoms with van der Waals surface area (Å²) in [5.41, 5.74) is 4.77. The number of aliphatic imine (C=N–C) groups is 1. The number of amides is 2. The van der Waals surface area contributed by atoms with E-state index in [4.69, 9.17) is 5.11 Å². The molecule has 27 heavy (non-hydrogen) atoms. The highest BCUT2D eigenvalue weighted by Gasteiger charge is 2.26. The molecule has 1 heterocycles. The van der Waals surface area contributed by atoms with E-state index in [2.05, 4.69) is 18.0 Å². The number of hydrogen-bond acceptors (Lipinski definition) is 3.